The van der Waals surface area contributed by atoms with E-state index < -0.39 is 5.54 Å². The lowest BCUT2D eigenvalue weighted by atomic mass is 9.76. The number of benzene rings is 4. The van der Waals surface area contributed by atoms with Gasteiger partial charge in [-0.3, -0.25) is 0 Å². The van der Waals surface area contributed by atoms with Gasteiger partial charge in [0.1, 0.15) is 11.4 Å². The quantitative estimate of drug-likeness (QED) is 0.268. The summed E-state index contributed by atoms with van der Waals surface area (Å²) in [7, 11) is 0. The zero-order valence-electron chi connectivity index (χ0n) is 18.0. The first-order valence-corrected chi connectivity index (χ1v) is 11.7. The van der Waals surface area contributed by atoms with Gasteiger partial charge in [0.25, 0.3) is 0 Å². The van der Waals surface area contributed by atoms with Gasteiger partial charge >= 0.3 is 0 Å². The monoisotopic (exact) mass is 494 g/mol. The predicted octanol–water partition coefficient (Wildman–Crippen LogP) is 6.65. The van der Waals surface area contributed by atoms with E-state index in [2.05, 4.69) is 99.4 Å². The van der Waals surface area contributed by atoms with Crippen LogP contribution >= 0.6 is 15.9 Å². The molecule has 4 aromatic carbocycles. The summed E-state index contributed by atoms with van der Waals surface area (Å²) in [5, 5.41) is 10.1. The molecular formula is C29H23BrN2O. The predicted molar refractivity (Wildman–Crippen MR) is 136 cm³/mol. The summed E-state index contributed by atoms with van der Waals surface area (Å²) in [6.07, 6.45) is 1.97. The van der Waals surface area contributed by atoms with Crippen molar-refractivity contribution in [1.82, 2.24) is 9.55 Å². The molecule has 1 N–H and O–H groups in total. The van der Waals surface area contributed by atoms with Crippen LogP contribution < -0.4 is 0 Å². The van der Waals surface area contributed by atoms with Crippen molar-refractivity contribution in [2.24, 2.45) is 0 Å². The zero-order chi connectivity index (χ0) is 22.7. The van der Waals surface area contributed by atoms with Crippen LogP contribution in [0.4, 0.5) is 0 Å². The van der Waals surface area contributed by atoms with E-state index in [-0.39, 0.29) is 6.61 Å². The SMILES string of the molecule is OCc1cn(C(c2ccccc2)(c2ccccc2)c2ccccc2)c(-c2ccccc2Br)n1. The van der Waals surface area contributed by atoms with Crippen molar-refractivity contribution >= 4 is 15.9 Å². The van der Waals surface area contributed by atoms with E-state index >= 15 is 0 Å². The number of aromatic nitrogens is 2. The second kappa shape index (κ2) is 9.18. The lowest BCUT2D eigenvalue weighted by molar-refractivity contribution is 0.277. The van der Waals surface area contributed by atoms with Crippen molar-refractivity contribution in [3.63, 3.8) is 0 Å². The molecule has 0 fully saturated rings. The molecule has 0 atom stereocenters. The smallest absolute Gasteiger partial charge is 0.142 e. The summed E-state index contributed by atoms with van der Waals surface area (Å²) in [5.41, 5.74) is 4.21. The molecule has 0 unspecified atom stereocenters. The lowest BCUT2D eigenvalue weighted by Gasteiger charge is -2.38. The standard InChI is InChI=1S/C29H23BrN2O/c30-27-19-11-10-18-26(27)28-31-25(21-33)20-32(28)29(22-12-4-1-5-13-22,23-14-6-2-7-15-23)24-16-8-3-9-17-24/h1-20,33H,21H2. The number of halogens is 1. The number of nitrogens with zero attached hydrogens (tertiary/aromatic N) is 2. The van der Waals surface area contributed by atoms with Crippen LogP contribution in [0, 0.1) is 0 Å². The summed E-state index contributed by atoms with van der Waals surface area (Å²) in [6, 6.07) is 39.5. The van der Waals surface area contributed by atoms with Gasteiger partial charge in [0.05, 0.1) is 12.3 Å². The molecule has 5 rings (SSSR count). The minimum Gasteiger partial charge on any atom is -0.390 e. The Morgan fingerprint density at radius 3 is 1.58 bits per heavy atom. The van der Waals surface area contributed by atoms with Gasteiger partial charge in [0.15, 0.2) is 0 Å². The van der Waals surface area contributed by atoms with E-state index in [0.717, 1.165) is 32.6 Å². The number of hydrogen-bond acceptors (Lipinski definition) is 2. The summed E-state index contributed by atoms with van der Waals surface area (Å²) in [5.74, 6) is 0.781. The molecule has 0 aliphatic heterocycles. The normalized spacial score (nSPS) is 11.5. The van der Waals surface area contributed by atoms with E-state index in [1.165, 1.54) is 0 Å². The minimum atomic E-state index is -0.700. The molecule has 3 nitrogen and oxygen atoms in total. The van der Waals surface area contributed by atoms with E-state index in [1.54, 1.807) is 0 Å². The van der Waals surface area contributed by atoms with E-state index in [9.17, 15) is 5.11 Å². The maximum absolute atomic E-state index is 10.1. The zero-order valence-corrected chi connectivity index (χ0v) is 19.6. The van der Waals surface area contributed by atoms with Crippen LogP contribution in [0.1, 0.15) is 22.4 Å². The molecule has 162 valence electrons. The molecule has 0 spiro atoms. The molecule has 0 aliphatic carbocycles. The molecule has 0 aliphatic rings. The van der Waals surface area contributed by atoms with Gasteiger partial charge in [-0.2, -0.15) is 0 Å². The third kappa shape index (κ3) is 3.71. The number of imidazole rings is 1. The van der Waals surface area contributed by atoms with Gasteiger partial charge in [-0.15, -0.1) is 0 Å². The summed E-state index contributed by atoms with van der Waals surface area (Å²) in [6.45, 7) is -0.140. The molecule has 1 heterocycles. The first-order chi connectivity index (χ1) is 16.2. The third-order valence-electron chi connectivity index (χ3n) is 5.97. The van der Waals surface area contributed by atoms with Crippen LogP contribution in [0.3, 0.4) is 0 Å². The number of aliphatic hydroxyl groups excluding tert-OH is 1. The fourth-order valence-corrected chi connectivity index (χ4v) is 5.01. The Balaban J connectivity index is 1.95. The highest BCUT2D eigenvalue weighted by Crippen LogP contribution is 2.44. The molecule has 0 amide bonds. The van der Waals surface area contributed by atoms with Crippen LogP contribution in [0.5, 0.6) is 0 Å². The maximum atomic E-state index is 10.1. The molecule has 0 bridgehead atoms. The fraction of sp³-hybridized carbons (Fsp3) is 0.0690. The number of aliphatic hydroxyl groups is 1. The van der Waals surface area contributed by atoms with Crippen molar-refractivity contribution < 1.29 is 5.11 Å². The van der Waals surface area contributed by atoms with E-state index in [1.807, 2.05) is 42.6 Å². The topological polar surface area (TPSA) is 38.0 Å². The van der Waals surface area contributed by atoms with Crippen LogP contribution in [-0.4, -0.2) is 14.7 Å². The number of rotatable bonds is 6. The third-order valence-corrected chi connectivity index (χ3v) is 6.66. The summed E-state index contributed by atoms with van der Waals surface area (Å²) in [4.78, 5) is 4.89. The van der Waals surface area contributed by atoms with Gasteiger partial charge in [-0.05, 0) is 22.8 Å². The van der Waals surface area contributed by atoms with E-state index in [0.29, 0.717) is 5.69 Å². The van der Waals surface area contributed by atoms with Crippen molar-refractivity contribution in [2.75, 3.05) is 0 Å². The molecule has 4 heteroatoms. The van der Waals surface area contributed by atoms with E-state index in [4.69, 9.17) is 4.98 Å². The molecule has 0 radical (unpaired) electrons. The maximum Gasteiger partial charge on any atom is 0.142 e. The average molecular weight is 495 g/mol. The van der Waals surface area contributed by atoms with Crippen LogP contribution in [0.2, 0.25) is 0 Å². The Kier molecular flexibility index (Phi) is 5.95. The number of hydrogen-bond donors (Lipinski definition) is 1. The molecule has 33 heavy (non-hydrogen) atoms. The van der Waals surface area contributed by atoms with Gasteiger partial charge in [-0.25, -0.2) is 4.98 Å². The Morgan fingerprint density at radius 1 is 0.667 bits per heavy atom. The van der Waals surface area contributed by atoms with Crippen molar-refractivity contribution in [2.45, 2.75) is 12.1 Å². The fourth-order valence-electron chi connectivity index (χ4n) is 4.55. The largest absolute Gasteiger partial charge is 0.390 e. The second-order valence-corrected chi connectivity index (χ2v) is 8.73. The van der Waals surface area contributed by atoms with Crippen molar-refractivity contribution in [1.29, 1.82) is 0 Å². The molecule has 0 saturated heterocycles. The average Bonchev–Trinajstić information content (AvgIpc) is 3.31. The first-order valence-electron chi connectivity index (χ1n) is 10.9. The Labute approximate surface area is 202 Å². The Morgan fingerprint density at radius 2 is 1.12 bits per heavy atom. The van der Waals surface area contributed by atoms with Crippen molar-refractivity contribution in [3.05, 3.63) is 148 Å². The molecule has 5 aromatic rings. The van der Waals surface area contributed by atoms with Gasteiger partial charge in [0, 0.05) is 16.2 Å². The van der Waals surface area contributed by atoms with Gasteiger partial charge in [-0.1, -0.05) is 125 Å². The highest BCUT2D eigenvalue weighted by Gasteiger charge is 2.40. The van der Waals surface area contributed by atoms with Crippen LogP contribution in [-0.2, 0) is 12.1 Å². The minimum absolute atomic E-state index is 0.140. The Hall–Kier alpha value is -3.47. The highest BCUT2D eigenvalue weighted by atomic mass is 79.9. The molecular weight excluding hydrogens is 472 g/mol. The van der Waals surface area contributed by atoms with Gasteiger partial charge in [0.2, 0.25) is 0 Å². The summed E-state index contributed by atoms with van der Waals surface area (Å²) >= 11 is 3.72. The van der Waals surface area contributed by atoms with Crippen LogP contribution in [0.15, 0.2) is 126 Å². The lowest BCUT2D eigenvalue weighted by Crippen LogP contribution is -2.38. The second-order valence-electron chi connectivity index (χ2n) is 7.87. The Bertz CT molecular complexity index is 1250. The van der Waals surface area contributed by atoms with Gasteiger partial charge < -0.3 is 9.67 Å². The van der Waals surface area contributed by atoms with Crippen LogP contribution in [0.25, 0.3) is 11.4 Å². The highest BCUT2D eigenvalue weighted by molar-refractivity contribution is 9.10. The molecule has 1 aromatic heterocycles. The molecule has 0 saturated carbocycles. The van der Waals surface area contributed by atoms with Crippen molar-refractivity contribution in [3.8, 4) is 11.4 Å². The first kappa shape index (κ1) is 21.4. The summed E-state index contributed by atoms with van der Waals surface area (Å²) < 4.78 is 3.16.